The Morgan fingerprint density at radius 3 is 2.58 bits per heavy atom. The second kappa shape index (κ2) is 10.2. The number of hydrogen-bond donors (Lipinski definition) is 2. The number of ether oxygens (including phenoxy) is 1. The number of carbonyl (C=O) groups excluding carboxylic acids is 2. The summed E-state index contributed by atoms with van der Waals surface area (Å²) in [4.78, 5) is 42.7. The molecule has 1 unspecified atom stereocenters. The van der Waals surface area contributed by atoms with Crippen molar-refractivity contribution in [1.29, 1.82) is 0 Å². The molecule has 0 saturated carbocycles. The first-order chi connectivity index (χ1) is 18.4. The summed E-state index contributed by atoms with van der Waals surface area (Å²) in [7, 11) is 1.58. The number of nitrogens with one attached hydrogen (secondary N) is 1. The maximum Gasteiger partial charge on any atom is 0.290 e. The van der Waals surface area contributed by atoms with Gasteiger partial charge >= 0.3 is 0 Å². The number of methoxy groups -OCH3 is 1. The van der Waals surface area contributed by atoms with E-state index in [1.807, 2.05) is 30.5 Å². The highest BCUT2D eigenvalue weighted by Crippen LogP contribution is 2.42. The number of aliphatic hydroxyl groups is 1. The van der Waals surface area contributed by atoms with Crippen LogP contribution in [0.1, 0.15) is 22.7 Å². The molecule has 2 heterocycles. The van der Waals surface area contributed by atoms with E-state index in [1.54, 1.807) is 37.4 Å². The van der Waals surface area contributed by atoms with Crippen molar-refractivity contribution in [1.82, 2.24) is 9.88 Å². The maximum absolute atomic E-state index is 13.5. The lowest BCUT2D eigenvalue weighted by atomic mass is 9.92. The second-order valence-electron chi connectivity index (χ2n) is 9.04. The van der Waals surface area contributed by atoms with E-state index in [-0.39, 0.29) is 29.8 Å². The summed E-state index contributed by atoms with van der Waals surface area (Å²) < 4.78 is 5.34. The zero-order valence-electron chi connectivity index (χ0n) is 20.6. The summed E-state index contributed by atoms with van der Waals surface area (Å²) in [6, 6.07) is 19.5. The monoisotopic (exact) mass is 511 g/mol. The Kier molecular flexibility index (Phi) is 6.66. The van der Waals surface area contributed by atoms with Gasteiger partial charge in [0, 0.05) is 36.1 Å². The number of para-hydroxylation sites is 1. The van der Waals surface area contributed by atoms with Crippen molar-refractivity contribution < 1.29 is 24.4 Å². The van der Waals surface area contributed by atoms with Gasteiger partial charge in [0.25, 0.3) is 11.6 Å². The second-order valence-corrected chi connectivity index (χ2v) is 9.04. The highest BCUT2D eigenvalue weighted by molar-refractivity contribution is 6.09. The summed E-state index contributed by atoms with van der Waals surface area (Å²) in [5, 5.41) is 23.7. The predicted octanol–water partition coefficient (Wildman–Crippen LogP) is 4.83. The van der Waals surface area contributed by atoms with Crippen molar-refractivity contribution in [3.8, 4) is 5.75 Å². The SMILES string of the molecule is COc1ccc2[nH]cc(CCN3C(=O)C(O)=C(C(=O)Cc4ccccc4)C3c3ccccc3[N+](=O)[O-])c2c1. The number of H-pyrrole nitrogens is 1. The van der Waals surface area contributed by atoms with Gasteiger partial charge in [-0.05, 0) is 41.8 Å². The van der Waals surface area contributed by atoms with Gasteiger partial charge in [0.05, 0.1) is 29.2 Å². The van der Waals surface area contributed by atoms with Gasteiger partial charge in [-0.3, -0.25) is 19.7 Å². The average molecular weight is 512 g/mol. The first-order valence-electron chi connectivity index (χ1n) is 12.1. The fourth-order valence-electron chi connectivity index (χ4n) is 4.99. The summed E-state index contributed by atoms with van der Waals surface area (Å²) in [5.74, 6) is -1.19. The van der Waals surface area contributed by atoms with Gasteiger partial charge in [0.1, 0.15) is 5.75 Å². The minimum Gasteiger partial charge on any atom is -0.503 e. The van der Waals surface area contributed by atoms with Crippen molar-refractivity contribution in [3.05, 3.63) is 117 Å². The van der Waals surface area contributed by atoms with Gasteiger partial charge in [0.15, 0.2) is 11.5 Å². The van der Waals surface area contributed by atoms with Crippen LogP contribution < -0.4 is 4.74 Å². The maximum atomic E-state index is 13.5. The number of Topliss-reactive ketones (excluding diaryl/α,β-unsaturated/α-hetero) is 1. The molecule has 9 heteroatoms. The number of nitro benzene ring substituents is 1. The van der Waals surface area contributed by atoms with Gasteiger partial charge < -0.3 is 19.7 Å². The Balaban J connectivity index is 1.52. The van der Waals surface area contributed by atoms with E-state index in [0.29, 0.717) is 17.7 Å². The van der Waals surface area contributed by atoms with Crippen LogP contribution in [0, 0.1) is 10.1 Å². The number of aliphatic hydroxyl groups excluding tert-OH is 1. The Morgan fingerprint density at radius 1 is 1.11 bits per heavy atom. The molecule has 9 nitrogen and oxygen atoms in total. The molecule has 2 N–H and O–H groups in total. The molecule has 0 spiro atoms. The number of ketones is 1. The molecule has 1 aliphatic rings. The third kappa shape index (κ3) is 4.50. The molecule has 1 atom stereocenters. The summed E-state index contributed by atoms with van der Waals surface area (Å²) >= 11 is 0. The smallest absolute Gasteiger partial charge is 0.290 e. The van der Waals surface area contributed by atoms with Crippen LogP contribution in [0.25, 0.3) is 10.9 Å². The molecule has 5 rings (SSSR count). The van der Waals surface area contributed by atoms with Crippen LogP contribution in [-0.2, 0) is 22.4 Å². The first kappa shape index (κ1) is 24.8. The van der Waals surface area contributed by atoms with Gasteiger partial charge in [-0.2, -0.15) is 0 Å². The van der Waals surface area contributed by atoms with Crippen molar-refractivity contribution in [2.45, 2.75) is 18.9 Å². The molecule has 0 fully saturated rings. The van der Waals surface area contributed by atoms with E-state index in [9.17, 15) is 24.8 Å². The van der Waals surface area contributed by atoms with Crippen LogP contribution >= 0.6 is 0 Å². The van der Waals surface area contributed by atoms with Crippen LogP contribution in [0.4, 0.5) is 5.69 Å². The van der Waals surface area contributed by atoms with Crippen LogP contribution in [0.5, 0.6) is 5.75 Å². The van der Waals surface area contributed by atoms with E-state index < -0.39 is 28.4 Å². The number of rotatable bonds is 9. The Morgan fingerprint density at radius 2 is 1.84 bits per heavy atom. The van der Waals surface area contributed by atoms with Gasteiger partial charge in [-0.15, -0.1) is 0 Å². The molecule has 38 heavy (non-hydrogen) atoms. The Labute approximate surface area is 218 Å². The van der Waals surface area contributed by atoms with Crippen molar-refractivity contribution in [2.75, 3.05) is 13.7 Å². The van der Waals surface area contributed by atoms with E-state index in [4.69, 9.17) is 4.74 Å². The highest BCUT2D eigenvalue weighted by atomic mass is 16.6. The topological polar surface area (TPSA) is 126 Å². The molecular formula is C29H25N3O6. The zero-order valence-corrected chi connectivity index (χ0v) is 20.6. The number of aromatic nitrogens is 1. The standard InChI is InChI=1S/C29H25N3O6/c1-38-20-11-12-23-22(16-20)19(17-30-23)13-14-31-27(21-9-5-6-10-24(21)32(36)37)26(28(34)29(31)35)25(33)15-18-7-3-2-4-8-18/h2-12,16-17,27,30,34H,13-15H2,1H3. The Hall–Kier alpha value is -4.92. The summed E-state index contributed by atoms with van der Waals surface area (Å²) in [5.41, 5.74) is 2.31. The van der Waals surface area contributed by atoms with Crippen LogP contribution in [0.15, 0.2) is 90.3 Å². The Bertz CT molecular complexity index is 1570. The van der Waals surface area contributed by atoms with E-state index in [0.717, 1.165) is 16.5 Å². The number of amides is 1. The number of aromatic amines is 1. The first-order valence-corrected chi connectivity index (χ1v) is 12.1. The molecule has 1 aromatic heterocycles. The van der Waals surface area contributed by atoms with Crippen LogP contribution in [0.2, 0.25) is 0 Å². The minimum atomic E-state index is -1.10. The summed E-state index contributed by atoms with van der Waals surface area (Å²) in [6.45, 7) is 0.117. The molecule has 0 saturated heterocycles. The lowest BCUT2D eigenvalue weighted by Gasteiger charge is -2.26. The fraction of sp³-hybridized carbons (Fsp3) is 0.172. The number of benzene rings is 3. The molecular weight excluding hydrogens is 486 g/mol. The molecule has 0 aliphatic carbocycles. The number of carbonyl (C=O) groups is 2. The van der Waals surface area contributed by atoms with Crippen LogP contribution in [-0.4, -0.2) is 45.3 Å². The average Bonchev–Trinajstić information content (AvgIpc) is 3.45. The van der Waals surface area contributed by atoms with Crippen molar-refractivity contribution >= 4 is 28.3 Å². The molecule has 1 aliphatic heterocycles. The van der Waals surface area contributed by atoms with Gasteiger partial charge in [0.2, 0.25) is 0 Å². The fourth-order valence-corrected chi connectivity index (χ4v) is 4.99. The number of hydrogen-bond acceptors (Lipinski definition) is 6. The van der Waals surface area contributed by atoms with Crippen LogP contribution in [0.3, 0.4) is 0 Å². The molecule has 3 aromatic carbocycles. The number of fused-ring (bicyclic) bond motifs is 1. The summed E-state index contributed by atoms with van der Waals surface area (Å²) in [6.07, 6.45) is 2.16. The zero-order chi connectivity index (χ0) is 26.8. The number of nitrogens with zero attached hydrogens (tertiary/aromatic N) is 2. The molecule has 0 radical (unpaired) electrons. The molecule has 4 aromatic rings. The third-order valence-corrected chi connectivity index (χ3v) is 6.84. The van der Waals surface area contributed by atoms with Crippen molar-refractivity contribution in [3.63, 3.8) is 0 Å². The lowest BCUT2D eigenvalue weighted by molar-refractivity contribution is -0.385. The normalized spacial score (nSPS) is 15.3. The van der Waals surface area contributed by atoms with Crippen molar-refractivity contribution in [2.24, 2.45) is 0 Å². The van der Waals surface area contributed by atoms with Gasteiger partial charge in [-0.1, -0.05) is 42.5 Å². The minimum absolute atomic E-state index is 0.0548. The van der Waals surface area contributed by atoms with Gasteiger partial charge in [-0.25, -0.2) is 0 Å². The highest BCUT2D eigenvalue weighted by Gasteiger charge is 2.45. The molecule has 192 valence electrons. The van der Waals surface area contributed by atoms with E-state index in [2.05, 4.69) is 4.98 Å². The largest absolute Gasteiger partial charge is 0.503 e. The predicted molar refractivity (Wildman–Crippen MR) is 141 cm³/mol. The van der Waals surface area contributed by atoms with E-state index in [1.165, 1.54) is 23.1 Å². The molecule has 1 amide bonds. The number of nitro groups is 1. The third-order valence-electron chi connectivity index (χ3n) is 6.84. The molecule has 0 bridgehead atoms. The lowest BCUT2D eigenvalue weighted by Crippen LogP contribution is -2.33. The quantitative estimate of drug-likeness (QED) is 0.245. The van der Waals surface area contributed by atoms with E-state index >= 15 is 0 Å².